The number of hydrogen-bond donors (Lipinski definition) is 0. The van der Waals surface area contributed by atoms with Crippen LogP contribution in [0.3, 0.4) is 0 Å². The Labute approximate surface area is 207 Å². The minimum Gasteiger partial charge on any atom is -0.315 e. The molecule has 0 bridgehead atoms. The van der Waals surface area contributed by atoms with E-state index in [0.29, 0.717) is 21.8 Å². The molecule has 8 heteroatoms. The molecule has 0 aliphatic carbocycles. The predicted octanol–water partition coefficient (Wildman–Crippen LogP) is 4.79. The molecule has 5 rings (SSSR count). The topological polar surface area (TPSA) is 72.5 Å². The normalized spacial score (nSPS) is 12.2. The number of para-hydroxylation sites is 3. The number of thioether (sulfide) groups is 1. The van der Waals surface area contributed by atoms with Crippen LogP contribution < -0.4 is 10.5 Å². The molecule has 35 heavy (non-hydrogen) atoms. The van der Waals surface area contributed by atoms with Crippen LogP contribution in [0.4, 0.5) is 5.69 Å². The van der Waals surface area contributed by atoms with Crippen LogP contribution >= 0.6 is 11.8 Å². The Morgan fingerprint density at radius 3 is 2.29 bits per heavy atom. The summed E-state index contributed by atoms with van der Waals surface area (Å²) in [5.74, 6) is 0.370. The Kier molecular flexibility index (Phi) is 5.90. The molecule has 3 aromatic carbocycles. The smallest absolute Gasteiger partial charge is 0.267 e. The van der Waals surface area contributed by atoms with Crippen molar-refractivity contribution < 1.29 is 4.79 Å². The quantitative estimate of drug-likeness (QED) is 0.336. The van der Waals surface area contributed by atoms with E-state index in [1.807, 2.05) is 98.0 Å². The number of hydrogen-bond acceptors (Lipinski definition) is 5. The highest BCUT2D eigenvalue weighted by Crippen LogP contribution is 2.29. The number of anilines is 1. The molecule has 0 N–H and O–H groups in total. The van der Waals surface area contributed by atoms with E-state index in [1.54, 1.807) is 16.5 Å². The second-order valence-corrected chi connectivity index (χ2v) is 9.82. The molecule has 0 radical (unpaired) electrons. The number of fused-ring (bicyclic) bond motifs is 3. The van der Waals surface area contributed by atoms with E-state index >= 15 is 0 Å². The first-order valence-corrected chi connectivity index (χ1v) is 12.2. The lowest BCUT2D eigenvalue weighted by molar-refractivity contribution is -0.117. The Morgan fingerprint density at radius 1 is 0.914 bits per heavy atom. The Hall–Kier alpha value is -3.91. The van der Waals surface area contributed by atoms with Gasteiger partial charge in [0, 0.05) is 12.7 Å². The summed E-state index contributed by atoms with van der Waals surface area (Å²) in [7, 11) is 1.77. The number of benzene rings is 3. The SMILES string of the molecule is Cc1cccc(C)c1-n1c(=O)c2ccccc2n2c(SC(C)C(=O)N(C)c3ccccc3)nnc12. The fourth-order valence-corrected chi connectivity index (χ4v) is 5.32. The molecule has 1 unspecified atom stereocenters. The third-order valence-corrected chi connectivity index (χ3v) is 7.19. The van der Waals surface area contributed by atoms with Crippen LogP contribution in [0.5, 0.6) is 0 Å². The average molecular weight is 484 g/mol. The van der Waals surface area contributed by atoms with Gasteiger partial charge in [0.25, 0.3) is 5.56 Å². The van der Waals surface area contributed by atoms with Crippen LogP contribution in [-0.4, -0.2) is 37.4 Å². The third-order valence-electron chi connectivity index (χ3n) is 6.16. The second-order valence-electron chi connectivity index (χ2n) is 8.51. The number of amides is 1. The Balaban J connectivity index is 1.66. The zero-order valence-electron chi connectivity index (χ0n) is 20.0. The molecule has 5 aromatic rings. The monoisotopic (exact) mass is 483 g/mol. The number of aromatic nitrogens is 4. The van der Waals surface area contributed by atoms with Gasteiger partial charge in [-0.15, -0.1) is 10.2 Å². The molecule has 1 atom stereocenters. The third kappa shape index (κ3) is 3.89. The minimum atomic E-state index is -0.424. The fourth-order valence-electron chi connectivity index (χ4n) is 4.37. The van der Waals surface area contributed by atoms with Gasteiger partial charge in [-0.25, -0.2) is 4.57 Å². The first-order chi connectivity index (χ1) is 16.9. The lowest BCUT2D eigenvalue weighted by Crippen LogP contribution is -2.33. The molecular formula is C27H25N5O2S. The van der Waals surface area contributed by atoms with Gasteiger partial charge in [0.05, 0.1) is 21.8 Å². The van der Waals surface area contributed by atoms with Gasteiger partial charge >= 0.3 is 0 Å². The molecule has 2 aromatic heterocycles. The average Bonchev–Trinajstić information content (AvgIpc) is 3.28. The van der Waals surface area contributed by atoms with Crippen LogP contribution in [0.2, 0.25) is 0 Å². The summed E-state index contributed by atoms with van der Waals surface area (Å²) >= 11 is 1.33. The highest BCUT2D eigenvalue weighted by atomic mass is 32.2. The Morgan fingerprint density at radius 2 is 1.57 bits per heavy atom. The van der Waals surface area contributed by atoms with Gasteiger partial charge in [0.2, 0.25) is 11.7 Å². The highest BCUT2D eigenvalue weighted by molar-refractivity contribution is 8.00. The summed E-state index contributed by atoms with van der Waals surface area (Å²) in [5, 5.41) is 9.56. The van der Waals surface area contributed by atoms with Crippen molar-refractivity contribution in [3.05, 3.63) is 94.3 Å². The van der Waals surface area contributed by atoms with Gasteiger partial charge in [-0.3, -0.25) is 14.0 Å². The van der Waals surface area contributed by atoms with E-state index in [2.05, 4.69) is 10.2 Å². The number of rotatable bonds is 5. The van der Waals surface area contributed by atoms with Crippen molar-refractivity contribution in [2.45, 2.75) is 31.2 Å². The van der Waals surface area contributed by atoms with Crippen molar-refractivity contribution in [1.29, 1.82) is 0 Å². The summed E-state index contributed by atoms with van der Waals surface area (Å²) in [6.07, 6.45) is 0. The number of carbonyl (C=O) groups excluding carboxylic acids is 1. The van der Waals surface area contributed by atoms with Crippen molar-refractivity contribution in [2.75, 3.05) is 11.9 Å². The highest BCUT2D eigenvalue weighted by Gasteiger charge is 2.25. The van der Waals surface area contributed by atoms with Gasteiger partial charge < -0.3 is 4.90 Å². The number of carbonyl (C=O) groups is 1. The standard InChI is InChI=1S/C27H25N5O2S/c1-17-11-10-12-18(2)23(17)32-25(34)21-15-8-9-16-22(21)31-26(32)28-29-27(31)35-19(3)24(33)30(4)20-13-6-5-7-14-20/h5-16,19H,1-4H3. The van der Waals surface area contributed by atoms with Gasteiger partial charge in [0.15, 0.2) is 5.16 Å². The molecular weight excluding hydrogens is 458 g/mol. The van der Waals surface area contributed by atoms with Crippen molar-refractivity contribution in [2.24, 2.45) is 0 Å². The van der Waals surface area contributed by atoms with Crippen LogP contribution in [0.15, 0.2) is 82.7 Å². The minimum absolute atomic E-state index is 0.0506. The van der Waals surface area contributed by atoms with Crippen molar-refractivity contribution in [1.82, 2.24) is 19.2 Å². The van der Waals surface area contributed by atoms with Gasteiger partial charge in [-0.05, 0) is 56.2 Å². The fraction of sp³-hybridized carbons (Fsp3) is 0.185. The maximum atomic E-state index is 13.6. The number of nitrogens with zero attached hydrogens (tertiary/aromatic N) is 5. The van der Waals surface area contributed by atoms with E-state index in [0.717, 1.165) is 22.5 Å². The van der Waals surface area contributed by atoms with E-state index in [4.69, 9.17) is 0 Å². The van der Waals surface area contributed by atoms with Crippen molar-refractivity contribution in [3.8, 4) is 5.69 Å². The molecule has 0 fully saturated rings. The van der Waals surface area contributed by atoms with E-state index in [9.17, 15) is 9.59 Å². The van der Waals surface area contributed by atoms with Crippen LogP contribution in [0, 0.1) is 13.8 Å². The molecule has 0 saturated carbocycles. The summed E-state index contributed by atoms with van der Waals surface area (Å²) < 4.78 is 3.51. The summed E-state index contributed by atoms with van der Waals surface area (Å²) in [6, 6.07) is 22.9. The lowest BCUT2D eigenvalue weighted by atomic mass is 10.1. The van der Waals surface area contributed by atoms with Crippen molar-refractivity contribution >= 4 is 40.0 Å². The zero-order valence-corrected chi connectivity index (χ0v) is 20.8. The molecule has 0 saturated heterocycles. The van der Waals surface area contributed by atoms with Crippen LogP contribution in [0.25, 0.3) is 22.4 Å². The molecule has 0 aliphatic heterocycles. The van der Waals surface area contributed by atoms with Gasteiger partial charge in [-0.2, -0.15) is 0 Å². The Bertz CT molecular complexity index is 1600. The van der Waals surface area contributed by atoms with Gasteiger partial charge in [0.1, 0.15) is 0 Å². The maximum absolute atomic E-state index is 13.6. The molecule has 176 valence electrons. The summed E-state index contributed by atoms with van der Waals surface area (Å²) in [5.41, 5.74) is 4.11. The second kappa shape index (κ2) is 9.03. The summed E-state index contributed by atoms with van der Waals surface area (Å²) in [6.45, 7) is 5.82. The molecule has 1 amide bonds. The van der Waals surface area contributed by atoms with E-state index < -0.39 is 5.25 Å². The summed E-state index contributed by atoms with van der Waals surface area (Å²) in [4.78, 5) is 28.5. The molecule has 0 spiro atoms. The zero-order chi connectivity index (χ0) is 24.7. The largest absolute Gasteiger partial charge is 0.315 e. The number of aryl methyl sites for hydroxylation is 2. The van der Waals surface area contributed by atoms with Crippen molar-refractivity contribution in [3.63, 3.8) is 0 Å². The first-order valence-electron chi connectivity index (χ1n) is 11.3. The molecule has 7 nitrogen and oxygen atoms in total. The molecule has 2 heterocycles. The van der Waals surface area contributed by atoms with Gasteiger partial charge in [-0.1, -0.05) is 60.3 Å². The van der Waals surface area contributed by atoms with Crippen LogP contribution in [0.1, 0.15) is 18.1 Å². The lowest BCUT2D eigenvalue weighted by Gasteiger charge is -2.21. The first kappa shape index (κ1) is 22.9. The maximum Gasteiger partial charge on any atom is 0.267 e. The van der Waals surface area contributed by atoms with E-state index in [1.165, 1.54) is 11.8 Å². The molecule has 0 aliphatic rings. The van der Waals surface area contributed by atoms with E-state index in [-0.39, 0.29) is 11.5 Å². The van der Waals surface area contributed by atoms with Crippen LogP contribution in [-0.2, 0) is 4.79 Å². The predicted molar refractivity (Wildman–Crippen MR) is 141 cm³/mol.